The maximum Gasteiger partial charge on any atom is 0.129 e. The fourth-order valence-electron chi connectivity index (χ4n) is 1.50. The first-order valence-electron chi connectivity index (χ1n) is 6.56. The van der Waals surface area contributed by atoms with Crippen molar-refractivity contribution in [1.29, 1.82) is 0 Å². The molecule has 0 amide bonds. The molecule has 0 atom stereocenters. The third-order valence-electron chi connectivity index (χ3n) is 2.37. The summed E-state index contributed by atoms with van der Waals surface area (Å²) in [7, 11) is -1.10. The molecule has 15 heavy (non-hydrogen) atoms. The van der Waals surface area contributed by atoms with E-state index >= 15 is 0 Å². The minimum atomic E-state index is -1.10. The monoisotopic (exact) mass is 224 g/mol. The molecular formula is C14H28Si. The van der Waals surface area contributed by atoms with Crippen LogP contribution >= 0.6 is 0 Å². The zero-order valence-corrected chi connectivity index (χ0v) is 12.2. The van der Waals surface area contributed by atoms with Crippen LogP contribution in [0.3, 0.4) is 0 Å². The highest BCUT2D eigenvalue weighted by molar-refractivity contribution is 6.83. The van der Waals surface area contributed by atoms with Gasteiger partial charge in [0.25, 0.3) is 0 Å². The Hall–Kier alpha value is -0.223. The van der Waals surface area contributed by atoms with Gasteiger partial charge in [0, 0.05) is 6.42 Å². The molecule has 0 aromatic carbocycles. The predicted octanol–water partition coefficient (Wildman–Crippen LogP) is 5.01. The second-order valence-electron chi connectivity index (χ2n) is 5.42. The van der Waals surface area contributed by atoms with Crippen molar-refractivity contribution < 1.29 is 0 Å². The van der Waals surface area contributed by atoms with E-state index in [-0.39, 0.29) is 0 Å². The van der Waals surface area contributed by atoms with Crippen LogP contribution < -0.4 is 0 Å². The lowest BCUT2D eigenvalue weighted by atomic mass is 10.1. The maximum absolute atomic E-state index is 3.42. The van der Waals surface area contributed by atoms with Crippen molar-refractivity contribution in [2.24, 2.45) is 0 Å². The molecule has 0 fully saturated rings. The summed E-state index contributed by atoms with van der Waals surface area (Å²) >= 11 is 0. The predicted molar refractivity (Wildman–Crippen MR) is 73.7 cm³/mol. The van der Waals surface area contributed by atoms with Crippen molar-refractivity contribution in [3.63, 3.8) is 0 Å². The molecule has 0 aliphatic rings. The molecular weight excluding hydrogens is 196 g/mol. The standard InChI is InChI=1S/C14H28Si/c1-5-6-7-8-9-10-11-12-13-14-15(2,3)4/h5-12H2,1-4H3. The lowest BCUT2D eigenvalue weighted by molar-refractivity contribution is 0.594. The van der Waals surface area contributed by atoms with Gasteiger partial charge in [-0.15, -0.1) is 11.5 Å². The van der Waals surface area contributed by atoms with E-state index in [9.17, 15) is 0 Å². The second kappa shape index (κ2) is 9.04. The van der Waals surface area contributed by atoms with E-state index in [1.807, 2.05) is 0 Å². The molecule has 1 heteroatoms. The molecule has 0 unspecified atom stereocenters. The van der Waals surface area contributed by atoms with Crippen LogP contribution in [0.15, 0.2) is 0 Å². The molecule has 0 bridgehead atoms. The summed E-state index contributed by atoms with van der Waals surface area (Å²) in [6.07, 6.45) is 10.8. The first kappa shape index (κ1) is 14.8. The quantitative estimate of drug-likeness (QED) is 0.324. The van der Waals surface area contributed by atoms with Crippen LogP contribution in [0.4, 0.5) is 0 Å². The van der Waals surface area contributed by atoms with E-state index in [0.29, 0.717) is 0 Å². The Labute approximate surface area is 97.9 Å². The average molecular weight is 224 g/mol. The highest BCUT2D eigenvalue weighted by Gasteiger charge is 2.06. The van der Waals surface area contributed by atoms with Crippen LogP contribution in [0.1, 0.15) is 58.3 Å². The SMILES string of the molecule is CCCCCCCCCC#C[Si](C)(C)C. The lowest BCUT2D eigenvalue weighted by Crippen LogP contribution is -2.16. The van der Waals surface area contributed by atoms with Gasteiger partial charge in [0.15, 0.2) is 0 Å². The van der Waals surface area contributed by atoms with Crippen molar-refractivity contribution in [2.45, 2.75) is 77.9 Å². The van der Waals surface area contributed by atoms with Gasteiger partial charge in [-0.2, -0.15) is 0 Å². The van der Waals surface area contributed by atoms with Crippen LogP contribution in [0.25, 0.3) is 0 Å². The molecule has 0 saturated heterocycles. The van der Waals surface area contributed by atoms with Crippen LogP contribution in [0.5, 0.6) is 0 Å². The van der Waals surface area contributed by atoms with Gasteiger partial charge in [-0.3, -0.25) is 0 Å². The molecule has 0 aliphatic heterocycles. The topological polar surface area (TPSA) is 0 Å². The number of hydrogen-bond acceptors (Lipinski definition) is 0. The van der Waals surface area contributed by atoms with Crippen LogP contribution in [-0.4, -0.2) is 8.07 Å². The highest BCUT2D eigenvalue weighted by Crippen LogP contribution is 2.08. The van der Waals surface area contributed by atoms with Crippen molar-refractivity contribution in [1.82, 2.24) is 0 Å². The average Bonchev–Trinajstić information content (AvgIpc) is 2.14. The zero-order valence-electron chi connectivity index (χ0n) is 11.2. The van der Waals surface area contributed by atoms with Gasteiger partial charge in [0.05, 0.1) is 0 Å². The minimum Gasteiger partial charge on any atom is -0.132 e. The van der Waals surface area contributed by atoms with Crippen LogP contribution in [0.2, 0.25) is 19.6 Å². The van der Waals surface area contributed by atoms with Gasteiger partial charge in [0.1, 0.15) is 8.07 Å². The van der Waals surface area contributed by atoms with Gasteiger partial charge in [-0.1, -0.05) is 65.1 Å². The van der Waals surface area contributed by atoms with Gasteiger partial charge >= 0.3 is 0 Å². The summed E-state index contributed by atoms with van der Waals surface area (Å²) in [6, 6.07) is 0. The van der Waals surface area contributed by atoms with E-state index in [2.05, 4.69) is 38.0 Å². The van der Waals surface area contributed by atoms with Gasteiger partial charge in [-0.05, 0) is 6.42 Å². The molecule has 88 valence electrons. The summed E-state index contributed by atoms with van der Waals surface area (Å²) in [5.74, 6) is 3.34. The van der Waals surface area contributed by atoms with E-state index in [0.717, 1.165) is 6.42 Å². The highest BCUT2D eigenvalue weighted by atomic mass is 28.3. The molecule has 0 nitrogen and oxygen atoms in total. The van der Waals surface area contributed by atoms with Gasteiger partial charge < -0.3 is 0 Å². The first-order chi connectivity index (χ1) is 7.06. The molecule has 0 aliphatic carbocycles. The third kappa shape index (κ3) is 13.8. The van der Waals surface area contributed by atoms with Crippen LogP contribution in [-0.2, 0) is 0 Å². The Bertz CT molecular complexity index is 190. The number of hydrogen-bond donors (Lipinski definition) is 0. The van der Waals surface area contributed by atoms with Crippen molar-refractivity contribution in [3.8, 4) is 11.5 Å². The Morgan fingerprint density at radius 3 is 1.87 bits per heavy atom. The summed E-state index contributed by atoms with van der Waals surface area (Å²) in [5, 5.41) is 0. The van der Waals surface area contributed by atoms with E-state index < -0.39 is 8.07 Å². The van der Waals surface area contributed by atoms with E-state index in [1.165, 1.54) is 44.9 Å². The van der Waals surface area contributed by atoms with E-state index in [1.54, 1.807) is 0 Å². The number of rotatable bonds is 7. The van der Waals surface area contributed by atoms with Gasteiger partial charge in [-0.25, -0.2) is 0 Å². The van der Waals surface area contributed by atoms with Crippen molar-refractivity contribution in [2.75, 3.05) is 0 Å². The maximum atomic E-state index is 3.42. The third-order valence-corrected chi connectivity index (χ3v) is 3.30. The fourth-order valence-corrected chi connectivity index (χ4v) is 2.15. The van der Waals surface area contributed by atoms with Gasteiger partial charge in [0.2, 0.25) is 0 Å². The Morgan fingerprint density at radius 2 is 1.33 bits per heavy atom. The molecule has 0 rings (SSSR count). The normalized spacial score (nSPS) is 10.9. The molecule has 0 saturated carbocycles. The molecule has 0 aromatic rings. The van der Waals surface area contributed by atoms with Crippen LogP contribution in [0, 0.1) is 11.5 Å². The summed E-state index contributed by atoms with van der Waals surface area (Å²) in [5.41, 5.74) is 3.42. The Balaban J connectivity index is 3.21. The number of unbranched alkanes of at least 4 members (excludes halogenated alkanes) is 7. The molecule has 0 aromatic heterocycles. The minimum absolute atomic E-state index is 1.10. The zero-order chi connectivity index (χ0) is 11.6. The molecule has 0 N–H and O–H groups in total. The molecule has 0 heterocycles. The van der Waals surface area contributed by atoms with Crippen molar-refractivity contribution in [3.05, 3.63) is 0 Å². The second-order valence-corrected chi connectivity index (χ2v) is 10.2. The summed E-state index contributed by atoms with van der Waals surface area (Å²) in [6.45, 7) is 9.20. The molecule has 0 radical (unpaired) electrons. The Morgan fingerprint density at radius 1 is 0.800 bits per heavy atom. The largest absolute Gasteiger partial charge is 0.132 e. The summed E-state index contributed by atoms with van der Waals surface area (Å²) in [4.78, 5) is 0. The molecule has 0 spiro atoms. The smallest absolute Gasteiger partial charge is 0.129 e. The fraction of sp³-hybridized carbons (Fsp3) is 0.857. The Kier molecular flexibility index (Phi) is 8.90. The van der Waals surface area contributed by atoms with Crippen molar-refractivity contribution >= 4 is 8.07 Å². The lowest BCUT2D eigenvalue weighted by Gasteiger charge is -2.03. The summed E-state index contributed by atoms with van der Waals surface area (Å²) < 4.78 is 0. The van der Waals surface area contributed by atoms with E-state index in [4.69, 9.17) is 0 Å². The first-order valence-corrected chi connectivity index (χ1v) is 10.1.